The van der Waals surface area contributed by atoms with Gasteiger partial charge in [-0.25, -0.2) is 9.97 Å². The molecule has 2 aliphatic heterocycles. The zero-order valence-corrected chi connectivity index (χ0v) is 53.6. The van der Waals surface area contributed by atoms with Crippen LogP contribution in [0.4, 0.5) is 22.7 Å². The van der Waals surface area contributed by atoms with Gasteiger partial charge < -0.3 is 23.4 Å². The van der Waals surface area contributed by atoms with Gasteiger partial charge in [0.25, 0.3) is 0 Å². The van der Waals surface area contributed by atoms with Crippen molar-refractivity contribution in [3.63, 3.8) is 0 Å². The van der Waals surface area contributed by atoms with Crippen LogP contribution in [0.3, 0.4) is 0 Å². The average molecular weight is 1260 g/mol. The topological polar surface area (TPSA) is 55.3 Å². The molecule has 6 heterocycles. The summed E-state index contributed by atoms with van der Waals surface area (Å²) in [4.78, 5) is 16.2. The van der Waals surface area contributed by atoms with E-state index in [1.807, 2.05) is 0 Å². The van der Waals surface area contributed by atoms with Gasteiger partial charge in [0.1, 0.15) is 11.2 Å². The molecule has 99 heavy (non-hydrogen) atoms. The fourth-order valence-electron chi connectivity index (χ4n) is 17.5. The summed E-state index contributed by atoms with van der Waals surface area (Å²) in [5, 5.41) is 9.31. The van der Waals surface area contributed by atoms with Crippen LogP contribution in [0.1, 0.15) is 23.0 Å². The lowest BCUT2D eigenvalue weighted by Gasteiger charge is -2.28. The first kappa shape index (κ1) is 54.4. The highest BCUT2D eigenvalue weighted by atomic mass is 16.3. The Morgan fingerprint density at radius 3 is 1.41 bits per heavy atom. The van der Waals surface area contributed by atoms with E-state index in [-0.39, 0.29) is 23.9 Å². The molecule has 4 unspecified atom stereocenters. The molecule has 0 fully saturated rings. The molecule has 7 nitrogen and oxygen atoms in total. The number of nitrogens with zero attached hydrogens (tertiary/aromatic N) is 6. The Bertz CT molecular complexity index is 6470. The van der Waals surface area contributed by atoms with E-state index in [1.54, 1.807) is 0 Å². The number of rotatable bonds is 8. The van der Waals surface area contributed by atoms with Crippen molar-refractivity contribution in [1.29, 1.82) is 0 Å². The predicted octanol–water partition coefficient (Wildman–Crippen LogP) is 23.5. The molecule has 0 saturated carbocycles. The number of hydrogen-bond donors (Lipinski definition) is 0. The maximum absolute atomic E-state index is 6.99. The van der Waals surface area contributed by atoms with Gasteiger partial charge in [0.2, 0.25) is 0 Å². The molecule has 22 rings (SSSR count). The predicted molar refractivity (Wildman–Crippen MR) is 408 cm³/mol. The van der Waals surface area contributed by atoms with Gasteiger partial charge >= 0.3 is 0 Å². The molecule has 4 aromatic heterocycles. The lowest BCUT2D eigenvalue weighted by atomic mass is 9.89. The summed E-state index contributed by atoms with van der Waals surface area (Å²) in [5.41, 5.74) is 27.8. The average Bonchev–Trinajstić information content (AvgIpc) is 1.58. The van der Waals surface area contributed by atoms with Crippen LogP contribution in [0, 0.1) is 0 Å². The van der Waals surface area contributed by atoms with E-state index >= 15 is 0 Å². The molecule has 0 radical (unpaired) electrons. The molecule has 462 valence electrons. The first-order valence-electron chi connectivity index (χ1n) is 34.3. The van der Waals surface area contributed by atoms with Crippen LogP contribution >= 0.6 is 0 Å². The van der Waals surface area contributed by atoms with Gasteiger partial charge in [-0.15, -0.1) is 0 Å². The van der Waals surface area contributed by atoms with Gasteiger partial charge in [-0.1, -0.05) is 200 Å². The molecular formula is C92H58N6O. The molecule has 0 bridgehead atoms. The van der Waals surface area contributed by atoms with E-state index in [0.29, 0.717) is 5.82 Å². The molecule has 13 aromatic carbocycles. The Morgan fingerprint density at radius 1 is 0.303 bits per heavy atom. The summed E-state index contributed by atoms with van der Waals surface area (Å²) in [6, 6.07) is 103. The molecule has 7 heteroatoms. The highest BCUT2D eigenvalue weighted by molar-refractivity contribution is 6.18. The van der Waals surface area contributed by atoms with Crippen molar-refractivity contribution in [2.75, 3.05) is 9.80 Å². The molecule has 4 atom stereocenters. The van der Waals surface area contributed by atoms with Crippen LogP contribution < -0.4 is 9.80 Å². The normalized spacial score (nSPS) is 16.9. The highest BCUT2D eigenvalue weighted by Crippen LogP contribution is 2.54. The fourth-order valence-corrected chi connectivity index (χ4v) is 17.5. The largest absolute Gasteiger partial charge is 0.456 e. The molecule has 5 aliphatic rings. The van der Waals surface area contributed by atoms with Crippen LogP contribution in [0.5, 0.6) is 0 Å². The number of allylic oxidation sites excluding steroid dienone is 4. The highest BCUT2D eigenvalue weighted by Gasteiger charge is 2.39. The minimum Gasteiger partial charge on any atom is -0.456 e. The first-order valence-corrected chi connectivity index (χ1v) is 34.3. The standard InChI is InChI=1S/C92H58N6O/c1-3-21-62(22-4-1)95-78-32-11-7-26-66(78)74-49-56(37-44-82(74)95)58-39-46-84-76(51-58)68-28-9-13-34-80(68)97(84)64-25-15-20-60(48-64)90-89-72-30-16-18-55-19-17-31-73(88(55)72)91(89)94-92(93-90)61-36-42-70-71-43-41-65(54-87(71)99-86(70)53-61)98-81-35-14-10-29-69(81)77-52-59(40-47-85(77)98)57-38-45-83-75(50-57)67-27-8-12-33-79(67)96(83)63-23-5-2-6-24-63/h1-54,66-67,78-79H. The molecule has 0 amide bonds. The van der Waals surface area contributed by atoms with E-state index in [0.717, 1.165) is 94.6 Å². The zero-order chi connectivity index (χ0) is 64.6. The first-order chi connectivity index (χ1) is 49.1. The number of hydrogen-bond acceptors (Lipinski definition) is 5. The fraction of sp³-hybridized carbons (Fsp3) is 0.0435. The summed E-state index contributed by atoms with van der Waals surface area (Å²) in [5.74, 6) is 1.18. The lowest BCUT2D eigenvalue weighted by Crippen LogP contribution is -2.28. The lowest BCUT2D eigenvalue weighted by molar-refractivity contribution is 0.668. The van der Waals surface area contributed by atoms with E-state index in [1.165, 1.54) is 88.4 Å². The Labute approximate surface area is 570 Å². The summed E-state index contributed by atoms with van der Waals surface area (Å²) in [6.45, 7) is 0. The van der Waals surface area contributed by atoms with Gasteiger partial charge in [0.05, 0.1) is 45.5 Å². The molecule has 0 spiro atoms. The SMILES string of the molecule is C1=CC2c3cc(-c4ccc5c(c4)c4ccccc4n5-c4cccc(-c5nc(-c6ccc7c(c6)oc6cc(-n8c9ccccc9c9cc(-c%10ccc%11c(c%10)C%10C=CC=CC%10N%11c%10ccccc%10)ccc98)ccc67)nc6c5-c5cccc7cccc-6c57)c4)ccc3N(c3ccccc3)C2C=C1. The number of anilines is 4. The smallest absolute Gasteiger partial charge is 0.160 e. The van der Waals surface area contributed by atoms with Gasteiger partial charge in [-0.2, -0.15) is 0 Å². The van der Waals surface area contributed by atoms with Crippen LogP contribution in [0.2, 0.25) is 0 Å². The minimum atomic E-state index is 0.231. The van der Waals surface area contributed by atoms with Gasteiger partial charge in [0.15, 0.2) is 5.82 Å². The second-order valence-electron chi connectivity index (χ2n) is 27.1. The molecule has 17 aromatic rings. The molecule has 0 saturated heterocycles. The Hall–Kier alpha value is -12.8. The van der Waals surface area contributed by atoms with E-state index in [4.69, 9.17) is 14.4 Å². The van der Waals surface area contributed by atoms with Crippen molar-refractivity contribution in [3.05, 3.63) is 339 Å². The summed E-state index contributed by atoms with van der Waals surface area (Å²) >= 11 is 0. The third-order valence-corrected chi connectivity index (χ3v) is 21.9. The van der Waals surface area contributed by atoms with Crippen molar-refractivity contribution in [1.82, 2.24) is 19.1 Å². The number of para-hydroxylation sites is 4. The van der Waals surface area contributed by atoms with Crippen molar-refractivity contribution in [2.45, 2.75) is 23.9 Å². The van der Waals surface area contributed by atoms with Crippen molar-refractivity contribution >= 4 is 99.1 Å². The van der Waals surface area contributed by atoms with E-state index < -0.39 is 0 Å². The van der Waals surface area contributed by atoms with Crippen LogP contribution in [-0.4, -0.2) is 31.2 Å². The second kappa shape index (κ2) is 20.8. The summed E-state index contributed by atoms with van der Waals surface area (Å²) in [6.07, 6.45) is 18.2. The maximum Gasteiger partial charge on any atom is 0.160 e. The number of aromatic nitrogens is 4. The summed E-state index contributed by atoms with van der Waals surface area (Å²) < 4.78 is 11.8. The third kappa shape index (κ3) is 8.01. The Balaban J connectivity index is 0.630. The second-order valence-corrected chi connectivity index (χ2v) is 27.1. The van der Waals surface area contributed by atoms with Gasteiger partial charge in [-0.3, -0.25) is 0 Å². The molecular weight excluding hydrogens is 1210 g/mol. The zero-order valence-electron chi connectivity index (χ0n) is 53.6. The Kier molecular flexibility index (Phi) is 11.5. The Morgan fingerprint density at radius 2 is 0.788 bits per heavy atom. The number of furan rings is 1. The van der Waals surface area contributed by atoms with Crippen LogP contribution in [0.15, 0.2) is 332 Å². The van der Waals surface area contributed by atoms with Gasteiger partial charge in [0, 0.05) is 107 Å². The van der Waals surface area contributed by atoms with Crippen molar-refractivity contribution < 1.29 is 4.42 Å². The quantitative estimate of drug-likeness (QED) is 0.152. The number of benzene rings is 13. The molecule has 3 aliphatic carbocycles. The maximum atomic E-state index is 6.99. The minimum absolute atomic E-state index is 0.231. The van der Waals surface area contributed by atoms with Gasteiger partial charge in [-0.05, 0) is 171 Å². The van der Waals surface area contributed by atoms with E-state index in [2.05, 4.69) is 347 Å². The number of fused-ring (bicyclic) bond motifs is 18. The summed E-state index contributed by atoms with van der Waals surface area (Å²) in [7, 11) is 0. The monoisotopic (exact) mass is 1260 g/mol. The third-order valence-electron chi connectivity index (χ3n) is 21.9. The van der Waals surface area contributed by atoms with Crippen molar-refractivity contribution in [3.8, 4) is 78.7 Å². The van der Waals surface area contributed by atoms with Crippen molar-refractivity contribution in [2.24, 2.45) is 0 Å². The van der Waals surface area contributed by atoms with Crippen LogP contribution in [0.25, 0.3) is 155 Å². The van der Waals surface area contributed by atoms with Crippen LogP contribution in [-0.2, 0) is 0 Å². The molecule has 0 N–H and O–H groups in total. The van der Waals surface area contributed by atoms with E-state index in [9.17, 15) is 0 Å².